The zero-order chi connectivity index (χ0) is 13.8. The summed E-state index contributed by atoms with van der Waals surface area (Å²) >= 11 is 0. The molecule has 102 valence electrons. The number of hydrogen-bond donors (Lipinski definition) is 2. The number of nitrogens with one attached hydrogen (secondary N) is 1. The lowest BCUT2D eigenvalue weighted by Crippen LogP contribution is -2.23. The second-order valence-corrected chi connectivity index (χ2v) is 4.74. The second kappa shape index (κ2) is 5.69. The number of para-hydroxylation sites is 1. The predicted octanol–water partition coefficient (Wildman–Crippen LogP) is 3.04. The molecule has 1 aliphatic carbocycles. The normalized spacial score (nSPS) is 16.0. The maximum atomic E-state index is 11.1. The van der Waals surface area contributed by atoms with Crippen LogP contribution in [0.5, 0.6) is 0 Å². The molecular formula is C13H16N2O4. The molecule has 0 heterocycles. The summed E-state index contributed by atoms with van der Waals surface area (Å²) in [4.78, 5) is 21.5. The molecule has 0 spiro atoms. The number of aromatic carboxylic acids is 1. The molecule has 1 fully saturated rings. The highest BCUT2D eigenvalue weighted by molar-refractivity contribution is 5.95. The van der Waals surface area contributed by atoms with Gasteiger partial charge < -0.3 is 10.4 Å². The molecule has 1 saturated carbocycles. The zero-order valence-corrected chi connectivity index (χ0v) is 10.5. The molecule has 0 bridgehead atoms. The second-order valence-electron chi connectivity index (χ2n) is 4.74. The molecule has 1 aromatic rings. The van der Waals surface area contributed by atoms with Crippen molar-refractivity contribution in [3.63, 3.8) is 0 Å². The molecule has 19 heavy (non-hydrogen) atoms. The number of benzene rings is 1. The molecule has 2 rings (SSSR count). The summed E-state index contributed by atoms with van der Waals surface area (Å²) in [7, 11) is 0. The summed E-state index contributed by atoms with van der Waals surface area (Å²) < 4.78 is 0. The van der Waals surface area contributed by atoms with Crippen molar-refractivity contribution in [1.82, 2.24) is 0 Å². The van der Waals surface area contributed by atoms with Gasteiger partial charge in [-0.3, -0.25) is 10.1 Å². The topological polar surface area (TPSA) is 92.5 Å². The number of rotatable bonds is 4. The average molecular weight is 264 g/mol. The number of anilines is 1. The van der Waals surface area contributed by atoms with Crippen LogP contribution >= 0.6 is 0 Å². The molecule has 1 aliphatic rings. The van der Waals surface area contributed by atoms with E-state index < -0.39 is 10.9 Å². The van der Waals surface area contributed by atoms with Crippen LogP contribution in [0.25, 0.3) is 0 Å². The van der Waals surface area contributed by atoms with E-state index in [0.29, 0.717) is 5.69 Å². The first-order valence-corrected chi connectivity index (χ1v) is 6.37. The van der Waals surface area contributed by atoms with Gasteiger partial charge in [0.25, 0.3) is 0 Å². The minimum atomic E-state index is -1.28. The Bertz CT molecular complexity index is 495. The van der Waals surface area contributed by atoms with Crippen LogP contribution in [0, 0.1) is 10.1 Å². The number of nitro groups is 1. The van der Waals surface area contributed by atoms with Crippen LogP contribution in [0.2, 0.25) is 0 Å². The van der Waals surface area contributed by atoms with Crippen LogP contribution in [-0.4, -0.2) is 22.0 Å². The van der Waals surface area contributed by atoms with Crippen molar-refractivity contribution < 1.29 is 14.8 Å². The Hall–Kier alpha value is -2.11. The van der Waals surface area contributed by atoms with E-state index in [4.69, 9.17) is 5.11 Å². The summed E-state index contributed by atoms with van der Waals surface area (Å²) in [5, 5.41) is 23.2. The molecule has 0 unspecified atom stereocenters. The maximum Gasteiger partial charge on any atom is 0.342 e. The highest BCUT2D eigenvalue weighted by Crippen LogP contribution is 2.31. The third kappa shape index (κ3) is 3.01. The van der Waals surface area contributed by atoms with Crippen molar-refractivity contribution in [3.05, 3.63) is 33.9 Å². The van der Waals surface area contributed by atoms with Crippen molar-refractivity contribution in [2.24, 2.45) is 0 Å². The van der Waals surface area contributed by atoms with Crippen molar-refractivity contribution in [2.45, 2.75) is 38.1 Å². The van der Waals surface area contributed by atoms with E-state index in [1.165, 1.54) is 18.6 Å². The Kier molecular flexibility index (Phi) is 3.99. The minimum absolute atomic E-state index is 0.191. The molecule has 0 aliphatic heterocycles. The molecule has 6 heteroatoms. The molecule has 0 atom stereocenters. The van der Waals surface area contributed by atoms with Gasteiger partial charge in [-0.2, -0.15) is 0 Å². The molecular weight excluding hydrogens is 248 g/mol. The Balaban J connectivity index is 2.30. The fraction of sp³-hybridized carbons (Fsp3) is 0.462. The van der Waals surface area contributed by atoms with Gasteiger partial charge >= 0.3 is 11.7 Å². The van der Waals surface area contributed by atoms with Crippen molar-refractivity contribution in [3.8, 4) is 0 Å². The van der Waals surface area contributed by atoms with E-state index >= 15 is 0 Å². The lowest BCUT2D eigenvalue weighted by molar-refractivity contribution is -0.384. The Labute approximate surface area is 110 Å². The minimum Gasteiger partial charge on any atom is -0.477 e. The number of carboxylic acids is 1. The lowest BCUT2D eigenvalue weighted by Gasteiger charge is -2.23. The molecule has 0 radical (unpaired) electrons. The van der Waals surface area contributed by atoms with Gasteiger partial charge in [-0.15, -0.1) is 0 Å². The standard InChI is InChI=1S/C13H16N2O4/c16-13(17)10-7-4-8-11(12(10)15(18)19)14-9-5-2-1-3-6-9/h4,7-9,14H,1-3,5-6H2,(H,16,17). The van der Waals surface area contributed by atoms with E-state index in [9.17, 15) is 14.9 Å². The zero-order valence-electron chi connectivity index (χ0n) is 10.5. The number of carbonyl (C=O) groups is 1. The highest BCUT2D eigenvalue weighted by Gasteiger charge is 2.25. The lowest BCUT2D eigenvalue weighted by atomic mass is 9.95. The van der Waals surface area contributed by atoms with Crippen LogP contribution in [0.1, 0.15) is 42.5 Å². The number of nitrogens with zero attached hydrogens (tertiary/aromatic N) is 1. The fourth-order valence-corrected chi connectivity index (χ4v) is 2.50. The average Bonchev–Trinajstić information content (AvgIpc) is 2.39. The van der Waals surface area contributed by atoms with E-state index in [1.54, 1.807) is 6.07 Å². The SMILES string of the molecule is O=C(O)c1cccc(NC2CCCCC2)c1[N+](=O)[O-]. The van der Waals surface area contributed by atoms with E-state index in [0.717, 1.165) is 25.7 Å². The smallest absolute Gasteiger partial charge is 0.342 e. The van der Waals surface area contributed by atoms with Gasteiger partial charge in [0.05, 0.1) is 4.92 Å². The fourth-order valence-electron chi connectivity index (χ4n) is 2.50. The van der Waals surface area contributed by atoms with Crippen LogP contribution in [0.3, 0.4) is 0 Å². The third-order valence-corrected chi connectivity index (χ3v) is 3.41. The Morgan fingerprint density at radius 1 is 1.32 bits per heavy atom. The van der Waals surface area contributed by atoms with Gasteiger partial charge in [0.2, 0.25) is 0 Å². The summed E-state index contributed by atoms with van der Waals surface area (Å²) in [5.74, 6) is -1.28. The van der Waals surface area contributed by atoms with Crippen LogP contribution in [0.15, 0.2) is 18.2 Å². The van der Waals surface area contributed by atoms with Gasteiger partial charge in [0.1, 0.15) is 11.3 Å². The Morgan fingerprint density at radius 2 is 2.00 bits per heavy atom. The number of hydrogen-bond acceptors (Lipinski definition) is 4. The molecule has 0 aromatic heterocycles. The van der Waals surface area contributed by atoms with Crippen molar-refractivity contribution >= 4 is 17.3 Å². The first-order valence-electron chi connectivity index (χ1n) is 6.37. The third-order valence-electron chi connectivity index (χ3n) is 3.41. The highest BCUT2D eigenvalue weighted by atomic mass is 16.6. The first-order chi connectivity index (χ1) is 9.09. The van der Waals surface area contributed by atoms with E-state index in [-0.39, 0.29) is 17.3 Å². The van der Waals surface area contributed by atoms with E-state index in [1.807, 2.05) is 0 Å². The van der Waals surface area contributed by atoms with Gasteiger partial charge in [0, 0.05) is 6.04 Å². The number of carboxylic acid groups (broad SMARTS) is 1. The molecule has 6 nitrogen and oxygen atoms in total. The molecule has 1 aromatic carbocycles. The monoisotopic (exact) mass is 264 g/mol. The summed E-state index contributed by atoms with van der Waals surface area (Å²) in [6, 6.07) is 4.55. The van der Waals surface area contributed by atoms with Crippen LogP contribution < -0.4 is 5.32 Å². The Morgan fingerprint density at radius 3 is 2.58 bits per heavy atom. The molecule has 0 saturated heterocycles. The van der Waals surface area contributed by atoms with Gasteiger partial charge in [-0.1, -0.05) is 25.3 Å². The number of nitro benzene ring substituents is 1. The largest absolute Gasteiger partial charge is 0.477 e. The van der Waals surface area contributed by atoms with Gasteiger partial charge in [-0.25, -0.2) is 4.79 Å². The maximum absolute atomic E-state index is 11.1. The molecule has 2 N–H and O–H groups in total. The van der Waals surface area contributed by atoms with Crippen LogP contribution in [0.4, 0.5) is 11.4 Å². The quantitative estimate of drug-likeness (QED) is 0.644. The summed E-state index contributed by atoms with van der Waals surface area (Å²) in [6.45, 7) is 0. The summed E-state index contributed by atoms with van der Waals surface area (Å²) in [5.41, 5.74) is -0.316. The van der Waals surface area contributed by atoms with Crippen molar-refractivity contribution in [2.75, 3.05) is 5.32 Å². The van der Waals surface area contributed by atoms with E-state index in [2.05, 4.69) is 5.32 Å². The van der Waals surface area contributed by atoms with Crippen LogP contribution in [-0.2, 0) is 0 Å². The predicted molar refractivity (Wildman–Crippen MR) is 70.6 cm³/mol. The first kappa shape index (κ1) is 13.3. The summed E-state index contributed by atoms with van der Waals surface area (Å²) in [6.07, 6.45) is 5.33. The molecule has 0 amide bonds. The van der Waals surface area contributed by atoms with Gasteiger partial charge in [0.15, 0.2) is 0 Å². The van der Waals surface area contributed by atoms with Crippen molar-refractivity contribution in [1.29, 1.82) is 0 Å². The van der Waals surface area contributed by atoms with Gasteiger partial charge in [-0.05, 0) is 25.0 Å².